The van der Waals surface area contributed by atoms with Crippen LogP contribution in [0.2, 0.25) is 0 Å². The van der Waals surface area contributed by atoms with Gasteiger partial charge in [-0.2, -0.15) is 0 Å². The summed E-state index contributed by atoms with van der Waals surface area (Å²) in [4.78, 5) is 42.8. The number of allylic oxidation sites excluding steroid dienone is 4. The lowest BCUT2D eigenvalue weighted by Gasteiger charge is -2.62. The number of nitrogens with zero attached hydrogens (tertiary/aromatic N) is 2. The molecule has 2 unspecified atom stereocenters. The van der Waals surface area contributed by atoms with Gasteiger partial charge in [0.05, 0.1) is 12.6 Å². The number of esters is 1. The number of ketones is 2. The lowest BCUT2D eigenvalue weighted by molar-refractivity contribution is -0.220. The molecule has 0 aromatic carbocycles. The van der Waals surface area contributed by atoms with Gasteiger partial charge < -0.3 is 19.8 Å². The fraction of sp³-hybridized carbons (Fsp3) is 0.781. The minimum Gasteiger partial charge on any atom is -0.457 e. The third-order valence-electron chi connectivity index (χ3n) is 11.7. The number of rotatable bonds is 8. The first kappa shape index (κ1) is 30.5. The highest BCUT2D eigenvalue weighted by molar-refractivity contribution is 6.01. The van der Waals surface area contributed by atoms with Gasteiger partial charge >= 0.3 is 5.97 Å². The second kappa shape index (κ2) is 11.0. The summed E-state index contributed by atoms with van der Waals surface area (Å²) in [5.74, 6) is -2.71. The fourth-order valence-corrected chi connectivity index (χ4v) is 9.18. The Hall–Kier alpha value is -1.94. The quantitative estimate of drug-likeness (QED) is 0.427. The van der Waals surface area contributed by atoms with Crippen LogP contribution in [0.5, 0.6) is 0 Å². The van der Waals surface area contributed by atoms with E-state index in [1.807, 2.05) is 4.90 Å². The maximum Gasteiger partial charge on any atom is 0.320 e. The molecule has 4 fully saturated rings. The highest BCUT2D eigenvalue weighted by Gasteiger charge is 2.75. The Kier molecular flexibility index (Phi) is 8.16. The average molecular weight is 575 g/mol. The summed E-state index contributed by atoms with van der Waals surface area (Å²) in [6, 6.07) is 0. The van der Waals surface area contributed by atoms with Crippen molar-refractivity contribution >= 4 is 17.5 Å². The van der Waals surface area contributed by atoms with Gasteiger partial charge in [0.15, 0.2) is 18.1 Å². The molecule has 228 valence electrons. The number of alkyl halides is 1. The van der Waals surface area contributed by atoms with Crippen LogP contribution < -0.4 is 0 Å². The Morgan fingerprint density at radius 1 is 1.15 bits per heavy atom. The van der Waals surface area contributed by atoms with Gasteiger partial charge in [-0.1, -0.05) is 38.8 Å². The Balaban J connectivity index is 1.27. The summed E-state index contributed by atoms with van der Waals surface area (Å²) in [5.41, 5.74) is -5.41. The van der Waals surface area contributed by atoms with Crippen LogP contribution in [0.4, 0.5) is 4.39 Å². The molecule has 3 saturated carbocycles. The molecule has 0 bridgehead atoms. The van der Waals surface area contributed by atoms with Crippen molar-refractivity contribution in [3.8, 4) is 0 Å². The number of hydrogen-bond donors (Lipinski definition) is 2. The smallest absolute Gasteiger partial charge is 0.320 e. The number of hydrogen-bond acceptors (Lipinski definition) is 8. The van der Waals surface area contributed by atoms with Crippen LogP contribution in [0.25, 0.3) is 0 Å². The molecule has 5 aliphatic rings. The third kappa shape index (κ3) is 4.66. The molecule has 4 aliphatic carbocycles. The zero-order valence-electron chi connectivity index (χ0n) is 25.0. The number of carbonyl (C=O) groups excluding carboxylic acids is 3. The predicted molar refractivity (Wildman–Crippen MR) is 152 cm³/mol. The van der Waals surface area contributed by atoms with E-state index in [9.17, 15) is 24.6 Å². The Bertz CT molecular complexity index is 1130. The molecule has 0 radical (unpaired) electrons. The van der Waals surface area contributed by atoms with E-state index in [0.717, 1.165) is 45.6 Å². The molecule has 8 nitrogen and oxygen atoms in total. The first-order valence-corrected chi connectivity index (χ1v) is 15.5. The van der Waals surface area contributed by atoms with Crippen molar-refractivity contribution in [2.24, 2.45) is 28.6 Å². The second-order valence-corrected chi connectivity index (χ2v) is 13.7. The molecule has 0 amide bonds. The molecule has 1 saturated heterocycles. The standard InChI is InChI=1S/C32H47FN2O6/c1-5-6-11-34-12-14-35(15-13-34)19-28(39)41-20-27(38)32(40)21(2)16-25-24-8-7-22-17-23(36)9-10-29(22,3)31(24,33)26(37)18-30(25,32)4/h9-10,17,21,24-26,37,40H,5-8,11-16,18-20H2,1-4H3/t21-,24?,25?,26+,29+,30+,31+,32+/m1/s1. The number of halogens is 1. The summed E-state index contributed by atoms with van der Waals surface area (Å²) in [5, 5.41) is 23.6. The minimum absolute atomic E-state index is 0.0956. The first-order valence-electron chi connectivity index (χ1n) is 15.5. The monoisotopic (exact) mass is 574 g/mol. The number of aliphatic hydroxyl groups excluding tert-OH is 1. The van der Waals surface area contributed by atoms with Crippen LogP contribution in [0.1, 0.15) is 66.2 Å². The van der Waals surface area contributed by atoms with Crippen LogP contribution >= 0.6 is 0 Å². The maximum atomic E-state index is 17.3. The Labute approximate surface area is 243 Å². The van der Waals surface area contributed by atoms with Gasteiger partial charge in [0.1, 0.15) is 5.60 Å². The minimum atomic E-state index is -2.03. The predicted octanol–water partition coefficient (Wildman–Crippen LogP) is 2.86. The van der Waals surface area contributed by atoms with E-state index in [1.54, 1.807) is 26.8 Å². The lowest BCUT2D eigenvalue weighted by atomic mass is 9.44. The number of fused-ring (bicyclic) bond motifs is 5. The van der Waals surface area contributed by atoms with Gasteiger partial charge in [-0.3, -0.25) is 19.3 Å². The maximum absolute atomic E-state index is 17.3. The molecule has 0 spiro atoms. The summed E-state index contributed by atoms with van der Waals surface area (Å²) >= 11 is 0. The number of carbonyl (C=O) groups is 3. The lowest BCUT2D eigenvalue weighted by Crippen LogP contribution is -2.69. The van der Waals surface area contributed by atoms with Crippen LogP contribution in [0, 0.1) is 28.6 Å². The van der Waals surface area contributed by atoms with E-state index >= 15 is 4.39 Å². The highest BCUT2D eigenvalue weighted by atomic mass is 19.1. The molecule has 8 atom stereocenters. The van der Waals surface area contributed by atoms with Crippen molar-refractivity contribution in [2.45, 2.75) is 83.6 Å². The molecular weight excluding hydrogens is 527 g/mol. The SMILES string of the molecule is CCCCN1CCN(CC(=O)OCC(=O)[C@@]2(O)[C@H](C)CC3C4CCC5=CC(=O)C=C[C@]5(C)[C@@]4(F)[C@@H](O)C[C@@]32C)CC1. The Morgan fingerprint density at radius 3 is 2.51 bits per heavy atom. The van der Waals surface area contributed by atoms with Crippen molar-refractivity contribution in [2.75, 3.05) is 45.9 Å². The van der Waals surface area contributed by atoms with E-state index in [4.69, 9.17) is 4.74 Å². The molecule has 1 aliphatic heterocycles. The number of Topliss-reactive ketones (excluding diaryl/α,β-unsaturated/α-hetero) is 1. The molecule has 41 heavy (non-hydrogen) atoms. The molecule has 5 rings (SSSR count). The zero-order valence-corrected chi connectivity index (χ0v) is 25.0. The van der Waals surface area contributed by atoms with Gasteiger partial charge in [-0.15, -0.1) is 0 Å². The average Bonchev–Trinajstić information content (AvgIpc) is 3.14. The number of ether oxygens (including phenoxy) is 1. The van der Waals surface area contributed by atoms with Gasteiger partial charge in [0, 0.05) is 42.9 Å². The normalized spacial score (nSPS) is 42.7. The molecule has 0 aromatic rings. The van der Waals surface area contributed by atoms with E-state index in [1.165, 1.54) is 12.2 Å². The van der Waals surface area contributed by atoms with E-state index in [2.05, 4.69) is 11.8 Å². The van der Waals surface area contributed by atoms with Crippen LogP contribution in [-0.4, -0.2) is 101 Å². The summed E-state index contributed by atoms with van der Waals surface area (Å²) in [6.07, 6.45) is 6.62. The second-order valence-electron chi connectivity index (χ2n) is 13.7. The van der Waals surface area contributed by atoms with Crippen molar-refractivity contribution in [1.82, 2.24) is 9.80 Å². The number of unbranched alkanes of at least 4 members (excludes halogenated alkanes) is 1. The molecule has 9 heteroatoms. The van der Waals surface area contributed by atoms with Crippen LogP contribution in [0.15, 0.2) is 23.8 Å². The van der Waals surface area contributed by atoms with Crippen molar-refractivity contribution in [3.63, 3.8) is 0 Å². The fourth-order valence-electron chi connectivity index (χ4n) is 9.18. The largest absolute Gasteiger partial charge is 0.457 e. The van der Waals surface area contributed by atoms with Gasteiger partial charge in [0.25, 0.3) is 0 Å². The molecular formula is C32H47FN2O6. The summed E-state index contributed by atoms with van der Waals surface area (Å²) in [6.45, 7) is 11.4. The molecule has 2 N–H and O–H groups in total. The number of piperazine rings is 1. The molecule has 0 aromatic heterocycles. The topological polar surface area (TPSA) is 107 Å². The highest BCUT2D eigenvalue weighted by Crippen LogP contribution is 2.70. The van der Waals surface area contributed by atoms with Crippen molar-refractivity contribution in [1.29, 1.82) is 0 Å². The van der Waals surface area contributed by atoms with Gasteiger partial charge in [-0.05, 0) is 69.6 Å². The van der Waals surface area contributed by atoms with Crippen molar-refractivity contribution in [3.05, 3.63) is 23.8 Å². The zero-order chi connectivity index (χ0) is 29.8. The van der Waals surface area contributed by atoms with Gasteiger partial charge in [-0.25, -0.2) is 4.39 Å². The van der Waals surface area contributed by atoms with Gasteiger partial charge in [0.2, 0.25) is 5.78 Å². The molecule has 1 heterocycles. The van der Waals surface area contributed by atoms with Crippen LogP contribution in [0.3, 0.4) is 0 Å². The van der Waals surface area contributed by atoms with E-state index in [-0.39, 0.29) is 24.7 Å². The summed E-state index contributed by atoms with van der Waals surface area (Å²) in [7, 11) is 0. The van der Waals surface area contributed by atoms with Crippen molar-refractivity contribution < 1.29 is 33.7 Å². The Morgan fingerprint density at radius 2 is 1.83 bits per heavy atom. The third-order valence-corrected chi connectivity index (χ3v) is 11.7. The first-order chi connectivity index (χ1) is 19.3. The van der Waals surface area contributed by atoms with Crippen LogP contribution in [-0.2, 0) is 19.1 Å². The summed E-state index contributed by atoms with van der Waals surface area (Å²) < 4.78 is 22.7. The number of aliphatic hydroxyl groups is 2. The van der Waals surface area contributed by atoms with E-state index in [0.29, 0.717) is 24.8 Å². The van der Waals surface area contributed by atoms with E-state index < -0.39 is 58.4 Å².